The van der Waals surface area contributed by atoms with Gasteiger partial charge in [-0.05, 0) is 31.4 Å². The van der Waals surface area contributed by atoms with E-state index in [1.54, 1.807) is 0 Å². The number of nitrogens with zero attached hydrogens (tertiary/aromatic N) is 2. The normalized spacial score (nSPS) is 30.2. The van der Waals surface area contributed by atoms with E-state index in [9.17, 15) is 0 Å². The Hall–Kier alpha value is -0.970. The van der Waals surface area contributed by atoms with Crippen LogP contribution in [0.5, 0.6) is 0 Å². The largest absolute Gasteiger partial charge is 0.372 e. The van der Waals surface area contributed by atoms with Crippen LogP contribution in [-0.2, 0) is 4.74 Å². The molecule has 4 unspecified atom stereocenters. The van der Waals surface area contributed by atoms with E-state index in [2.05, 4.69) is 22.9 Å². The van der Waals surface area contributed by atoms with Gasteiger partial charge in [-0.15, -0.1) is 0 Å². The number of fused-ring (bicyclic) bond motifs is 2. The summed E-state index contributed by atoms with van der Waals surface area (Å²) >= 11 is 0. The minimum Gasteiger partial charge on any atom is -0.372 e. The number of nitrogens with two attached hydrogens (primary N) is 1. The van der Waals surface area contributed by atoms with E-state index in [4.69, 9.17) is 10.5 Å². The molecule has 0 spiro atoms. The molecule has 4 atom stereocenters. The molecule has 2 fully saturated rings. The molecule has 0 amide bonds. The number of hydrogen-bond donors (Lipinski definition) is 1. The topological polar surface area (TPSA) is 51.4 Å². The lowest BCUT2D eigenvalue weighted by Gasteiger charge is -2.40. The Morgan fingerprint density at radius 1 is 1.37 bits per heavy atom. The maximum atomic E-state index is 6.37. The number of hydrogen-bond acceptors (Lipinski definition) is 4. The van der Waals surface area contributed by atoms with Crippen molar-refractivity contribution >= 4 is 0 Å². The van der Waals surface area contributed by atoms with Gasteiger partial charge < -0.3 is 10.5 Å². The Bertz CT molecular complexity index is 399. The molecular formula is C15H23N3O. The van der Waals surface area contributed by atoms with Crippen molar-refractivity contribution in [3.63, 3.8) is 0 Å². The van der Waals surface area contributed by atoms with Crippen molar-refractivity contribution < 1.29 is 4.74 Å². The fourth-order valence-electron chi connectivity index (χ4n) is 3.32. The van der Waals surface area contributed by atoms with Gasteiger partial charge in [0.15, 0.2) is 0 Å². The molecule has 2 aliphatic rings. The van der Waals surface area contributed by atoms with Crippen molar-refractivity contribution in [1.82, 2.24) is 9.88 Å². The molecule has 1 aromatic heterocycles. The molecule has 2 saturated heterocycles. The van der Waals surface area contributed by atoms with Gasteiger partial charge in [-0.25, -0.2) is 0 Å². The summed E-state index contributed by atoms with van der Waals surface area (Å²) in [6.45, 7) is 4.13. The van der Waals surface area contributed by atoms with Crippen molar-refractivity contribution in [2.24, 2.45) is 5.73 Å². The molecule has 19 heavy (non-hydrogen) atoms. The number of rotatable bonds is 4. The summed E-state index contributed by atoms with van der Waals surface area (Å²) in [6.07, 6.45) is 6.01. The van der Waals surface area contributed by atoms with Gasteiger partial charge in [-0.2, -0.15) is 0 Å². The molecular weight excluding hydrogens is 238 g/mol. The molecule has 0 aliphatic carbocycles. The zero-order valence-corrected chi connectivity index (χ0v) is 11.5. The first-order chi connectivity index (χ1) is 9.28. The van der Waals surface area contributed by atoms with Crippen LogP contribution >= 0.6 is 0 Å². The average molecular weight is 261 g/mol. The van der Waals surface area contributed by atoms with E-state index in [0.29, 0.717) is 12.2 Å². The van der Waals surface area contributed by atoms with Gasteiger partial charge in [0.1, 0.15) is 0 Å². The smallest absolute Gasteiger partial charge is 0.0707 e. The SMILES string of the molecule is CCC(N)C(c1ccccn1)N1CC2CCC(C1)O2. The van der Waals surface area contributed by atoms with Crippen LogP contribution in [0.15, 0.2) is 24.4 Å². The predicted octanol–water partition coefficient (Wildman–Crippen LogP) is 1.72. The second-order valence-corrected chi connectivity index (χ2v) is 5.68. The minimum atomic E-state index is 0.132. The van der Waals surface area contributed by atoms with Crippen LogP contribution in [0, 0.1) is 0 Å². The van der Waals surface area contributed by atoms with E-state index in [-0.39, 0.29) is 12.1 Å². The molecule has 0 saturated carbocycles. The second kappa shape index (κ2) is 5.57. The molecule has 0 aromatic carbocycles. The number of pyridine rings is 1. The summed E-state index contributed by atoms with van der Waals surface area (Å²) in [5, 5.41) is 0. The first-order valence-electron chi connectivity index (χ1n) is 7.34. The lowest BCUT2D eigenvalue weighted by atomic mass is 9.99. The fourth-order valence-corrected chi connectivity index (χ4v) is 3.32. The predicted molar refractivity (Wildman–Crippen MR) is 74.7 cm³/mol. The third-order valence-corrected chi connectivity index (χ3v) is 4.33. The fraction of sp³-hybridized carbons (Fsp3) is 0.667. The molecule has 0 radical (unpaired) electrons. The van der Waals surface area contributed by atoms with Crippen LogP contribution in [-0.4, -0.2) is 41.2 Å². The maximum absolute atomic E-state index is 6.37. The summed E-state index contributed by atoms with van der Waals surface area (Å²) in [7, 11) is 0. The average Bonchev–Trinajstić information content (AvgIpc) is 2.79. The highest BCUT2D eigenvalue weighted by Gasteiger charge is 2.38. The van der Waals surface area contributed by atoms with Crippen LogP contribution in [0.1, 0.15) is 37.9 Å². The highest BCUT2D eigenvalue weighted by Crippen LogP contribution is 2.32. The molecule has 104 valence electrons. The van der Waals surface area contributed by atoms with Crippen molar-refractivity contribution in [3.8, 4) is 0 Å². The molecule has 2 bridgehead atoms. The van der Waals surface area contributed by atoms with E-state index in [1.807, 2.05) is 18.3 Å². The number of aromatic nitrogens is 1. The zero-order chi connectivity index (χ0) is 13.2. The van der Waals surface area contributed by atoms with E-state index in [0.717, 1.165) is 25.2 Å². The zero-order valence-electron chi connectivity index (χ0n) is 11.5. The van der Waals surface area contributed by atoms with Gasteiger partial charge in [0.25, 0.3) is 0 Å². The van der Waals surface area contributed by atoms with E-state index >= 15 is 0 Å². The van der Waals surface area contributed by atoms with Gasteiger partial charge in [-0.1, -0.05) is 13.0 Å². The first kappa shape index (κ1) is 13.0. The lowest BCUT2D eigenvalue weighted by molar-refractivity contribution is -0.0574. The number of likely N-dealkylation sites (tertiary alicyclic amines) is 1. The summed E-state index contributed by atoms with van der Waals surface area (Å²) in [5.41, 5.74) is 7.46. The molecule has 4 nitrogen and oxygen atoms in total. The Balaban J connectivity index is 1.83. The Labute approximate surface area is 115 Å². The van der Waals surface area contributed by atoms with Gasteiger partial charge in [-0.3, -0.25) is 9.88 Å². The third-order valence-electron chi connectivity index (χ3n) is 4.33. The highest BCUT2D eigenvalue weighted by molar-refractivity contribution is 5.12. The van der Waals surface area contributed by atoms with Crippen LogP contribution in [0.2, 0.25) is 0 Å². The van der Waals surface area contributed by atoms with Gasteiger partial charge in [0.2, 0.25) is 0 Å². The summed E-state index contributed by atoms with van der Waals surface area (Å²) < 4.78 is 5.92. The molecule has 3 rings (SSSR count). The Morgan fingerprint density at radius 3 is 2.68 bits per heavy atom. The van der Waals surface area contributed by atoms with Crippen LogP contribution in [0.4, 0.5) is 0 Å². The molecule has 2 N–H and O–H groups in total. The van der Waals surface area contributed by atoms with E-state index < -0.39 is 0 Å². The van der Waals surface area contributed by atoms with Crippen molar-refractivity contribution in [2.45, 2.75) is 50.5 Å². The molecule has 1 aromatic rings. The summed E-state index contributed by atoms with van der Waals surface area (Å²) in [5.74, 6) is 0. The third kappa shape index (κ3) is 2.66. The first-order valence-corrected chi connectivity index (χ1v) is 7.34. The van der Waals surface area contributed by atoms with Gasteiger partial charge in [0, 0.05) is 25.3 Å². The Morgan fingerprint density at radius 2 is 2.11 bits per heavy atom. The van der Waals surface area contributed by atoms with Crippen LogP contribution in [0.3, 0.4) is 0 Å². The van der Waals surface area contributed by atoms with Gasteiger partial charge >= 0.3 is 0 Å². The standard InChI is InChI=1S/C15H23N3O/c1-2-13(16)15(14-5-3-4-8-17-14)18-9-11-6-7-12(10-18)19-11/h3-5,8,11-13,15H,2,6-7,9-10,16H2,1H3. The monoisotopic (exact) mass is 261 g/mol. The van der Waals surface area contributed by atoms with Crippen molar-refractivity contribution in [1.29, 1.82) is 0 Å². The lowest BCUT2D eigenvalue weighted by Crippen LogP contribution is -2.49. The van der Waals surface area contributed by atoms with Crippen LogP contribution in [0.25, 0.3) is 0 Å². The maximum Gasteiger partial charge on any atom is 0.0707 e. The second-order valence-electron chi connectivity index (χ2n) is 5.68. The van der Waals surface area contributed by atoms with Crippen molar-refractivity contribution in [3.05, 3.63) is 30.1 Å². The molecule has 2 aliphatic heterocycles. The van der Waals surface area contributed by atoms with Crippen molar-refractivity contribution in [2.75, 3.05) is 13.1 Å². The summed E-state index contributed by atoms with van der Waals surface area (Å²) in [4.78, 5) is 7.02. The van der Waals surface area contributed by atoms with E-state index in [1.165, 1.54) is 12.8 Å². The van der Waals surface area contributed by atoms with Crippen LogP contribution < -0.4 is 5.73 Å². The summed E-state index contributed by atoms with van der Waals surface area (Å²) in [6, 6.07) is 6.45. The number of ether oxygens (including phenoxy) is 1. The minimum absolute atomic E-state index is 0.132. The van der Waals surface area contributed by atoms with Gasteiger partial charge in [0.05, 0.1) is 23.9 Å². The highest BCUT2D eigenvalue weighted by atomic mass is 16.5. The quantitative estimate of drug-likeness (QED) is 0.896. The molecule has 4 heteroatoms. The molecule has 3 heterocycles. The Kier molecular flexibility index (Phi) is 3.82. The number of morpholine rings is 1.